The van der Waals surface area contributed by atoms with Gasteiger partial charge in [-0.05, 0) is 0 Å². The summed E-state index contributed by atoms with van der Waals surface area (Å²) < 4.78 is 36.1. The van der Waals surface area contributed by atoms with Crippen LogP contribution in [0, 0.1) is 0 Å². The van der Waals surface area contributed by atoms with Gasteiger partial charge in [-0.3, -0.25) is 0 Å². The molecule has 2 aromatic carbocycles. The monoisotopic (exact) mass is 370 g/mol. The van der Waals surface area contributed by atoms with E-state index in [1.54, 1.807) is 7.11 Å². The Kier molecular flexibility index (Phi) is 4.69. The molecule has 2 aromatic rings. The van der Waals surface area contributed by atoms with Crippen LogP contribution in [-0.2, 0) is 28.4 Å². The molecule has 0 amide bonds. The van der Waals surface area contributed by atoms with Crippen LogP contribution in [0.5, 0.6) is 0 Å². The maximum atomic E-state index is 6.27. The summed E-state index contributed by atoms with van der Waals surface area (Å²) in [6, 6.07) is 19.8. The van der Waals surface area contributed by atoms with E-state index in [0.29, 0.717) is 6.61 Å². The minimum atomic E-state index is -0.523. The molecular formula is C21H22O6. The molecule has 3 fully saturated rings. The number of hydrogen-bond donors (Lipinski definition) is 0. The Bertz CT molecular complexity index is 754. The highest BCUT2D eigenvalue weighted by atomic mass is 16.8. The van der Waals surface area contributed by atoms with Crippen LogP contribution in [0.4, 0.5) is 0 Å². The zero-order chi connectivity index (χ0) is 18.2. The zero-order valence-electron chi connectivity index (χ0n) is 15.0. The van der Waals surface area contributed by atoms with Crippen LogP contribution in [0.25, 0.3) is 0 Å². The molecule has 6 heteroatoms. The fourth-order valence-corrected chi connectivity index (χ4v) is 3.90. The van der Waals surface area contributed by atoms with Crippen molar-refractivity contribution >= 4 is 0 Å². The molecule has 142 valence electrons. The molecule has 7 atom stereocenters. The van der Waals surface area contributed by atoms with E-state index in [-0.39, 0.29) is 24.4 Å². The highest BCUT2D eigenvalue weighted by molar-refractivity contribution is 5.18. The van der Waals surface area contributed by atoms with Crippen molar-refractivity contribution < 1.29 is 28.4 Å². The molecule has 0 bridgehead atoms. The molecule has 3 heterocycles. The number of methoxy groups -OCH3 is 1. The lowest BCUT2D eigenvalue weighted by atomic mass is 9.98. The van der Waals surface area contributed by atoms with Crippen molar-refractivity contribution in [1.29, 1.82) is 0 Å². The first-order valence-corrected chi connectivity index (χ1v) is 9.19. The lowest BCUT2D eigenvalue weighted by Crippen LogP contribution is -2.61. The minimum Gasteiger partial charge on any atom is -0.353 e. The Morgan fingerprint density at radius 2 is 1.30 bits per heavy atom. The van der Waals surface area contributed by atoms with E-state index >= 15 is 0 Å². The summed E-state index contributed by atoms with van der Waals surface area (Å²) in [6.07, 6.45) is -2.67. The summed E-state index contributed by atoms with van der Waals surface area (Å²) in [5, 5.41) is 0. The van der Waals surface area contributed by atoms with Gasteiger partial charge < -0.3 is 28.4 Å². The maximum absolute atomic E-state index is 6.27. The molecule has 0 spiro atoms. The topological polar surface area (TPSA) is 55.4 Å². The summed E-state index contributed by atoms with van der Waals surface area (Å²) in [5.74, 6) is 0. The molecule has 3 aliphatic rings. The van der Waals surface area contributed by atoms with Crippen LogP contribution in [0.3, 0.4) is 0 Å². The second kappa shape index (κ2) is 7.31. The van der Waals surface area contributed by atoms with Gasteiger partial charge in [-0.1, -0.05) is 60.7 Å². The van der Waals surface area contributed by atoms with Crippen molar-refractivity contribution in [2.75, 3.05) is 13.7 Å². The third-order valence-electron chi connectivity index (χ3n) is 5.22. The van der Waals surface area contributed by atoms with Gasteiger partial charge in [0.15, 0.2) is 18.9 Å². The molecule has 0 N–H and O–H groups in total. The van der Waals surface area contributed by atoms with E-state index in [4.69, 9.17) is 28.4 Å². The number of hydrogen-bond acceptors (Lipinski definition) is 6. The standard InChI is InChI=1S/C21H22O6/c1-22-21-18-17(26-20(27-18)14-10-6-3-7-11-14)16-15(24-21)12-23-19(25-16)13-8-4-2-5-9-13/h2-11,15-21H,12H2,1H3/t15-,16+,17+,18+,19-,20-,21+/m1/s1. The molecule has 3 saturated heterocycles. The molecule has 0 unspecified atom stereocenters. The van der Waals surface area contributed by atoms with E-state index in [9.17, 15) is 0 Å². The van der Waals surface area contributed by atoms with Gasteiger partial charge in [0.05, 0.1) is 6.61 Å². The molecule has 5 rings (SSSR count). The molecule has 6 nitrogen and oxygen atoms in total. The van der Waals surface area contributed by atoms with Gasteiger partial charge in [-0.15, -0.1) is 0 Å². The van der Waals surface area contributed by atoms with Gasteiger partial charge >= 0.3 is 0 Å². The first-order chi connectivity index (χ1) is 13.3. The van der Waals surface area contributed by atoms with Crippen LogP contribution in [0.2, 0.25) is 0 Å². The molecule has 0 radical (unpaired) electrons. The van der Waals surface area contributed by atoms with Crippen molar-refractivity contribution in [3.05, 3.63) is 71.8 Å². The third kappa shape index (κ3) is 3.18. The first kappa shape index (κ1) is 17.3. The zero-order valence-corrected chi connectivity index (χ0v) is 15.0. The molecule has 0 aromatic heterocycles. The van der Waals surface area contributed by atoms with Crippen molar-refractivity contribution in [2.45, 2.75) is 43.3 Å². The summed E-state index contributed by atoms with van der Waals surface area (Å²) >= 11 is 0. The largest absolute Gasteiger partial charge is 0.353 e. The average molecular weight is 370 g/mol. The van der Waals surface area contributed by atoms with E-state index in [1.165, 1.54) is 0 Å². The van der Waals surface area contributed by atoms with E-state index < -0.39 is 18.9 Å². The average Bonchev–Trinajstić information content (AvgIpc) is 3.20. The summed E-state index contributed by atoms with van der Waals surface area (Å²) in [6.45, 7) is 0.409. The maximum Gasteiger partial charge on any atom is 0.186 e. The predicted octanol–water partition coefficient (Wildman–Crippen LogP) is 2.95. The smallest absolute Gasteiger partial charge is 0.186 e. The molecule has 3 aliphatic heterocycles. The second-order valence-electron chi connectivity index (χ2n) is 6.90. The van der Waals surface area contributed by atoms with Crippen molar-refractivity contribution in [2.24, 2.45) is 0 Å². The number of ether oxygens (including phenoxy) is 6. The van der Waals surface area contributed by atoms with Crippen LogP contribution >= 0.6 is 0 Å². The van der Waals surface area contributed by atoms with Crippen molar-refractivity contribution in [1.82, 2.24) is 0 Å². The van der Waals surface area contributed by atoms with Crippen LogP contribution < -0.4 is 0 Å². The number of benzene rings is 2. The molecule has 27 heavy (non-hydrogen) atoms. The predicted molar refractivity (Wildman–Crippen MR) is 94.6 cm³/mol. The van der Waals surface area contributed by atoms with E-state index in [2.05, 4.69) is 0 Å². The third-order valence-corrected chi connectivity index (χ3v) is 5.22. The Morgan fingerprint density at radius 3 is 1.96 bits per heavy atom. The van der Waals surface area contributed by atoms with Gasteiger partial charge in [-0.2, -0.15) is 0 Å². The van der Waals surface area contributed by atoms with E-state index in [1.807, 2.05) is 60.7 Å². The van der Waals surface area contributed by atoms with Crippen molar-refractivity contribution in [3.8, 4) is 0 Å². The summed E-state index contributed by atoms with van der Waals surface area (Å²) in [4.78, 5) is 0. The van der Waals surface area contributed by atoms with Gasteiger partial charge in [0.25, 0.3) is 0 Å². The lowest BCUT2D eigenvalue weighted by molar-refractivity contribution is -0.343. The molecular weight excluding hydrogens is 348 g/mol. The quantitative estimate of drug-likeness (QED) is 0.828. The highest BCUT2D eigenvalue weighted by Gasteiger charge is 2.56. The molecule has 0 saturated carbocycles. The lowest BCUT2D eigenvalue weighted by Gasteiger charge is -2.45. The van der Waals surface area contributed by atoms with Gasteiger partial charge in [0, 0.05) is 18.2 Å². The van der Waals surface area contributed by atoms with Crippen LogP contribution in [0.15, 0.2) is 60.7 Å². The second-order valence-corrected chi connectivity index (χ2v) is 6.90. The Labute approximate surface area is 157 Å². The first-order valence-electron chi connectivity index (χ1n) is 9.19. The van der Waals surface area contributed by atoms with Gasteiger partial charge in [-0.25, -0.2) is 0 Å². The normalized spacial score (nSPS) is 38.2. The van der Waals surface area contributed by atoms with Gasteiger partial charge in [0.1, 0.15) is 24.4 Å². The summed E-state index contributed by atoms with van der Waals surface area (Å²) in [5.41, 5.74) is 1.94. The van der Waals surface area contributed by atoms with Crippen molar-refractivity contribution in [3.63, 3.8) is 0 Å². The fraction of sp³-hybridized carbons (Fsp3) is 0.429. The van der Waals surface area contributed by atoms with Gasteiger partial charge in [0.2, 0.25) is 0 Å². The Morgan fingerprint density at radius 1 is 0.704 bits per heavy atom. The van der Waals surface area contributed by atoms with E-state index in [0.717, 1.165) is 11.1 Å². The van der Waals surface area contributed by atoms with Crippen LogP contribution in [-0.4, -0.2) is 44.4 Å². The highest BCUT2D eigenvalue weighted by Crippen LogP contribution is 2.43. The summed E-state index contributed by atoms with van der Waals surface area (Å²) in [7, 11) is 1.61. The van der Waals surface area contributed by atoms with Crippen LogP contribution in [0.1, 0.15) is 23.7 Å². The Hall–Kier alpha value is -1.80. The number of rotatable bonds is 3. The minimum absolute atomic E-state index is 0.269. The molecule has 0 aliphatic carbocycles. The SMILES string of the molecule is CO[C@H]1O[C@@H]2CO[C@@H](c3ccccc3)O[C@@H]2[C@@H]2O[C@@H](c3ccccc3)O[C@H]12. The fourth-order valence-electron chi connectivity index (χ4n) is 3.90. The Balaban J connectivity index is 1.39. The number of fused-ring (bicyclic) bond motifs is 3.